The van der Waals surface area contributed by atoms with Crippen LogP contribution in [-0.2, 0) is 13.1 Å². The van der Waals surface area contributed by atoms with E-state index < -0.39 is 0 Å². The second-order valence-corrected chi connectivity index (χ2v) is 6.51. The van der Waals surface area contributed by atoms with E-state index in [1.54, 1.807) is 19.0 Å². The minimum absolute atomic E-state index is 0. The Balaban J connectivity index is 0.00000364. The summed E-state index contributed by atoms with van der Waals surface area (Å²) in [6, 6.07) is 15.3. The predicted octanol–water partition coefficient (Wildman–Crippen LogP) is 3.92. The number of halogens is 2. The summed E-state index contributed by atoms with van der Waals surface area (Å²) < 4.78 is 0. The van der Waals surface area contributed by atoms with Crippen LogP contribution in [0.3, 0.4) is 0 Å². The Bertz CT molecular complexity index is 763. The van der Waals surface area contributed by atoms with E-state index in [2.05, 4.69) is 15.6 Å². The summed E-state index contributed by atoms with van der Waals surface area (Å²) in [5, 5.41) is 7.24. The summed E-state index contributed by atoms with van der Waals surface area (Å²) in [6.45, 7) is 3.97. The maximum absolute atomic E-state index is 11.9. The Morgan fingerprint density at radius 3 is 2.37 bits per heavy atom. The Morgan fingerprint density at radius 2 is 1.78 bits per heavy atom. The molecule has 0 atom stereocenters. The summed E-state index contributed by atoms with van der Waals surface area (Å²) >= 11 is 6.01. The Kier molecular flexibility index (Phi) is 10.2. The molecule has 2 aromatic carbocycles. The van der Waals surface area contributed by atoms with E-state index in [9.17, 15) is 4.79 Å². The molecule has 2 rings (SSSR count). The lowest BCUT2D eigenvalue weighted by Gasteiger charge is -2.13. The van der Waals surface area contributed by atoms with Crippen molar-refractivity contribution in [3.8, 4) is 0 Å². The number of hydrogen-bond donors (Lipinski definition) is 2. The van der Waals surface area contributed by atoms with E-state index >= 15 is 0 Å². The van der Waals surface area contributed by atoms with Gasteiger partial charge in [0.1, 0.15) is 0 Å². The van der Waals surface area contributed by atoms with Gasteiger partial charge in [-0.3, -0.25) is 4.79 Å². The van der Waals surface area contributed by atoms with Crippen molar-refractivity contribution in [1.82, 2.24) is 15.5 Å². The molecule has 146 valence electrons. The average Bonchev–Trinajstić information content (AvgIpc) is 2.64. The van der Waals surface area contributed by atoms with Crippen molar-refractivity contribution < 1.29 is 4.79 Å². The molecular weight excluding hydrogens is 475 g/mol. The largest absolute Gasteiger partial charge is 0.357 e. The minimum Gasteiger partial charge on any atom is -0.357 e. The molecule has 0 unspecified atom stereocenters. The Morgan fingerprint density at radius 1 is 1.07 bits per heavy atom. The van der Waals surface area contributed by atoms with Crippen LogP contribution in [0.4, 0.5) is 0 Å². The normalized spacial score (nSPS) is 10.7. The zero-order chi connectivity index (χ0) is 18.9. The number of guanidine groups is 1. The van der Waals surface area contributed by atoms with E-state index in [1.165, 1.54) is 0 Å². The van der Waals surface area contributed by atoms with Crippen LogP contribution in [-0.4, -0.2) is 37.4 Å². The summed E-state index contributed by atoms with van der Waals surface area (Å²) in [5.41, 5.74) is 2.81. The zero-order valence-corrected chi connectivity index (χ0v) is 18.9. The predicted molar refractivity (Wildman–Crippen MR) is 123 cm³/mol. The van der Waals surface area contributed by atoms with Gasteiger partial charge in [0.15, 0.2) is 5.96 Å². The molecule has 0 saturated heterocycles. The molecule has 0 bridgehead atoms. The smallest absolute Gasteiger partial charge is 0.253 e. The molecule has 0 fully saturated rings. The SMILES string of the molecule is CCNC(=NCc1cccc(Cl)c1)NCc1ccc(C(=O)N(C)C)cc1.I. The molecule has 0 spiro atoms. The van der Waals surface area contributed by atoms with Crippen molar-refractivity contribution in [2.24, 2.45) is 4.99 Å². The van der Waals surface area contributed by atoms with E-state index in [-0.39, 0.29) is 29.9 Å². The highest BCUT2D eigenvalue weighted by Crippen LogP contribution is 2.11. The molecule has 0 saturated carbocycles. The third-order valence-corrected chi connectivity index (χ3v) is 3.96. The van der Waals surface area contributed by atoms with Gasteiger partial charge in [0.05, 0.1) is 6.54 Å². The van der Waals surface area contributed by atoms with Crippen LogP contribution in [0.2, 0.25) is 5.02 Å². The summed E-state index contributed by atoms with van der Waals surface area (Å²) in [4.78, 5) is 18.1. The number of benzene rings is 2. The number of nitrogens with zero attached hydrogens (tertiary/aromatic N) is 2. The van der Waals surface area contributed by atoms with E-state index in [0.29, 0.717) is 23.7 Å². The third-order valence-electron chi connectivity index (χ3n) is 3.72. The van der Waals surface area contributed by atoms with E-state index in [4.69, 9.17) is 11.6 Å². The number of rotatable bonds is 6. The standard InChI is InChI=1S/C20H25ClN4O.HI/c1-4-22-20(24-14-16-6-5-7-18(21)12-16)23-13-15-8-10-17(11-9-15)19(26)25(2)3;/h5-12H,4,13-14H2,1-3H3,(H2,22,23,24);1H. The van der Waals surface area contributed by atoms with Gasteiger partial charge in [0.2, 0.25) is 0 Å². The van der Waals surface area contributed by atoms with Crippen molar-refractivity contribution in [2.45, 2.75) is 20.0 Å². The first-order valence-electron chi connectivity index (χ1n) is 8.57. The van der Waals surface area contributed by atoms with Crippen molar-refractivity contribution in [3.05, 3.63) is 70.2 Å². The Hall–Kier alpha value is -1.80. The molecule has 0 radical (unpaired) electrons. The third kappa shape index (κ3) is 7.76. The van der Waals surface area contributed by atoms with Gasteiger partial charge >= 0.3 is 0 Å². The molecule has 5 nitrogen and oxygen atoms in total. The van der Waals surface area contributed by atoms with Gasteiger partial charge in [-0.15, -0.1) is 24.0 Å². The second-order valence-electron chi connectivity index (χ2n) is 6.08. The monoisotopic (exact) mass is 500 g/mol. The maximum atomic E-state index is 11.9. The molecule has 0 aliphatic heterocycles. The lowest BCUT2D eigenvalue weighted by atomic mass is 10.1. The first-order valence-corrected chi connectivity index (χ1v) is 8.94. The van der Waals surface area contributed by atoms with Gasteiger partial charge in [-0.05, 0) is 42.3 Å². The van der Waals surface area contributed by atoms with Crippen LogP contribution in [0.25, 0.3) is 0 Å². The maximum Gasteiger partial charge on any atom is 0.253 e. The molecule has 7 heteroatoms. The number of hydrogen-bond acceptors (Lipinski definition) is 2. The van der Waals surface area contributed by atoms with E-state index in [1.807, 2.05) is 55.5 Å². The first-order chi connectivity index (χ1) is 12.5. The highest BCUT2D eigenvalue weighted by Gasteiger charge is 2.07. The first kappa shape index (κ1) is 23.2. The van der Waals surface area contributed by atoms with Gasteiger partial charge in [0, 0.05) is 37.8 Å². The fourth-order valence-electron chi connectivity index (χ4n) is 2.36. The van der Waals surface area contributed by atoms with E-state index in [0.717, 1.165) is 23.6 Å². The summed E-state index contributed by atoms with van der Waals surface area (Å²) in [5.74, 6) is 0.738. The Labute approximate surface area is 183 Å². The second kappa shape index (κ2) is 11.8. The molecule has 0 aliphatic rings. The van der Waals surface area contributed by atoms with Crippen LogP contribution in [0.5, 0.6) is 0 Å². The molecule has 0 aromatic heterocycles. The van der Waals surface area contributed by atoms with Gasteiger partial charge < -0.3 is 15.5 Å². The van der Waals surface area contributed by atoms with Crippen LogP contribution in [0.15, 0.2) is 53.5 Å². The highest BCUT2D eigenvalue weighted by atomic mass is 127. The number of aliphatic imine (C=N–C) groups is 1. The van der Waals surface area contributed by atoms with Crippen molar-refractivity contribution in [2.75, 3.05) is 20.6 Å². The average molecular weight is 501 g/mol. The zero-order valence-electron chi connectivity index (χ0n) is 15.8. The number of nitrogens with one attached hydrogen (secondary N) is 2. The van der Waals surface area contributed by atoms with Gasteiger partial charge in [-0.2, -0.15) is 0 Å². The fourth-order valence-corrected chi connectivity index (χ4v) is 2.57. The van der Waals surface area contributed by atoms with Crippen LogP contribution >= 0.6 is 35.6 Å². The molecule has 1 amide bonds. The quantitative estimate of drug-likeness (QED) is 0.359. The van der Waals surface area contributed by atoms with Crippen LogP contribution < -0.4 is 10.6 Å². The molecule has 0 heterocycles. The van der Waals surface area contributed by atoms with Gasteiger partial charge in [0.25, 0.3) is 5.91 Å². The lowest BCUT2D eigenvalue weighted by Crippen LogP contribution is -2.36. The molecule has 0 aliphatic carbocycles. The number of carbonyl (C=O) groups excluding carboxylic acids is 1. The molecular formula is C20H26ClIN4O. The van der Waals surface area contributed by atoms with Crippen molar-refractivity contribution >= 4 is 47.4 Å². The molecule has 2 N–H and O–H groups in total. The highest BCUT2D eigenvalue weighted by molar-refractivity contribution is 14.0. The lowest BCUT2D eigenvalue weighted by molar-refractivity contribution is 0.0827. The minimum atomic E-state index is 0. The number of carbonyl (C=O) groups is 1. The summed E-state index contributed by atoms with van der Waals surface area (Å²) in [6.07, 6.45) is 0. The molecule has 2 aromatic rings. The number of amides is 1. The van der Waals surface area contributed by atoms with Crippen molar-refractivity contribution in [3.63, 3.8) is 0 Å². The van der Waals surface area contributed by atoms with Gasteiger partial charge in [-0.25, -0.2) is 4.99 Å². The molecule has 27 heavy (non-hydrogen) atoms. The fraction of sp³-hybridized carbons (Fsp3) is 0.300. The topological polar surface area (TPSA) is 56.7 Å². The van der Waals surface area contributed by atoms with Gasteiger partial charge in [-0.1, -0.05) is 35.9 Å². The van der Waals surface area contributed by atoms with Crippen LogP contribution in [0, 0.1) is 0 Å². The van der Waals surface area contributed by atoms with Crippen molar-refractivity contribution in [1.29, 1.82) is 0 Å². The van der Waals surface area contributed by atoms with Crippen LogP contribution in [0.1, 0.15) is 28.4 Å². The summed E-state index contributed by atoms with van der Waals surface area (Å²) in [7, 11) is 3.49.